The van der Waals surface area contributed by atoms with E-state index in [1.165, 1.54) is 12.4 Å². The van der Waals surface area contributed by atoms with Crippen molar-refractivity contribution in [3.63, 3.8) is 0 Å². The van der Waals surface area contributed by atoms with E-state index in [1.807, 2.05) is 24.3 Å². The van der Waals surface area contributed by atoms with E-state index in [-0.39, 0.29) is 21.1 Å². The molecular weight excluding hydrogens is 291 g/mol. The quantitative estimate of drug-likeness (QED) is 0.508. The van der Waals surface area contributed by atoms with Gasteiger partial charge in [0.05, 0.1) is 7.85 Å². The molecule has 0 amide bonds. The molecule has 0 aliphatic heterocycles. The first kappa shape index (κ1) is 12.6. The minimum Gasteiger partial charge on any atom is -0.184 e. The molecule has 0 bridgehead atoms. The molecule has 0 aliphatic carbocycles. The Morgan fingerprint density at radius 2 is 1.60 bits per heavy atom. The van der Waals surface area contributed by atoms with E-state index in [4.69, 9.17) is 0 Å². The van der Waals surface area contributed by atoms with Crippen LogP contribution in [0.15, 0.2) is 24.3 Å². The van der Waals surface area contributed by atoms with E-state index in [9.17, 15) is 0 Å². The molecule has 2 radical (unpaired) electrons. The molecule has 0 unspecified atom stereocenters. The van der Waals surface area contributed by atoms with Crippen molar-refractivity contribution in [2.45, 2.75) is 13.7 Å². The van der Waals surface area contributed by atoms with Crippen LogP contribution < -0.4 is 0 Å². The standard InChI is InChI=1S/C7H7.CH3B.W/c1-7-5-3-2-4-6-7;1-2;/h3-6H,1H3;1H3;/q-1;;. The van der Waals surface area contributed by atoms with Crippen LogP contribution in [0.4, 0.5) is 0 Å². The summed E-state index contributed by atoms with van der Waals surface area (Å²) in [5.41, 5.74) is 1.29. The monoisotopic (exact) mass is 301 g/mol. The molecule has 0 aromatic heterocycles. The Balaban J connectivity index is 0. The van der Waals surface area contributed by atoms with Gasteiger partial charge in [0, 0.05) is 21.1 Å². The average Bonchev–Trinajstić information content (AvgIpc) is 1.94. The molecule has 10 heavy (non-hydrogen) atoms. The van der Waals surface area contributed by atoms with Gasteiger partial charge in [-0.25, -0.2) is 0 Å². The molecule has 2 heteroatoms. The van der Waals surface area contributed by atoms with Crippen molar-refractivity contribution in [2.24, 2.45) is 0 Å². The predicted molar refractivity (Wildman–Crippen MR) is 41.6 cm³/mol. The van der Waals surface area contributed by atoms with Gasteiger partial charge in [-0.3, -0.25) is 0 Å². The Morgan fingerprint density at radius 3 is 1.80 bits per heavy atom. The molecule has 1 rings (SSSR count). The SMILES string of the molecule is Cc1cc[c-]cc1.[B]C.[W]. The minimum absolute atomic E-state index is 0. The number of aryl methyl sites for hydroxylation is 1. The van der Waals surface area contributed by atoms with E-state index < -0.39 is 0 Å². The fourth-order valence-electron chi connectivity index (χ4n) is 0.470. The molecule has 0 heterocycles. The molecule has 0 N–H and O–H groups in total. The summed E-state index contributed by atoms with van der Waals surface area (Å²) in [6, 6.07) is 10.8. The number of benzene rings is 1. The summed E-state index contributed by atoms with van der Waals surface area (Å²) in [6.45, 7) is 3.56. The molecule has 52 valence electrons. The zero-order chi connectivity index (χ0) is 7.11. The maximum atomic E-state index is 4.50. The Kier molecular flexibility index (Phi) is 11.3. The first-order valence-corrected chi connectivity index (χ1v) is 2.90. The molecule has 1 aromatic carbocycles. The van der Waals surface area contributed by atoms with Crippen LogP contribution in [-0.2, 0) is 21.1 Å². The summed E-state index contributed by atoms with van der Waals surface area (Å²) in [5.74, 6) is 0. The van der Waals surface area contributed by atoms with Crippen molar-refractivity contribution in [2.75, 3.05) is 0 Å². The zero-order valence-electron chi connectivity index (χ0n) is 6.29. The van der Waals surface area contributed by atoms with Gasteiger partial charge in [0.15, 0.2) is 0 Å². The summed E-state index contributed by atoms with van der Waals surface area (Å²) >= 11 is 0. The van der Waals surface area contributed by atoms with Crippen LogP contribution in [-0.4, -0.2) is 7.85 Å². The summed E-state index contributed by atoms with van der Waals surface area (Å²) in [7, 11) is 4.50. The zero-order valence-corrected chi connectivity index (χ0v) is 9.23. The molecule has 0 nitrogen and oxygen atoms in total. The molecule has 0 atom stereocenters. The van der Waals surface area contributed by atoms with Crippen molar-refractivity contribution < 1.29 is 21.1 Å². The van der Waals surface area contributed by atoms with Crippen molar-refractivity contribution in [1.82, 2.24) is 0 Å². The van der Waals surface area contributed by atoms with E-state index in [0.29, 0.717) is 0 Å². The van der Waals surface area contributed by atoms with Crippen LogP contribution in [0.5, 0.6) is 0 Å². The van der Waals surface area contributed by atoms with Gasteiger partial charge >= 0.3 is 0 Å². The molecule has 0 saturated carbocycles. The largest absolute Gasteiger partial charge is 0.184 e. The first-order chi connectivity index (χ1) is 4.39. The Hall–Kier alpha value is -0.0268. The molecular formula is C8H10BW-. The Labute approximate surface area is 78.7 Å². The smallest absolute Gasteiger partial charge is 0.0606 e. The molecule has 0 spiro atoms. The predicted octanol–water partition coefficient (Wildman–Crippen LogP) is 2.00. The summed E-state index contributed by atoms with van der Waals surface area (Å²) in [5, 5.41) is 0. The van der Waals surface area contributed by atoms with Crippen LogP contribution in [0.25, 0.3) is 0 Å². The van der Waals surface area contributed by atoms with Gasteiger partial charge < -0.3 is 0 Å². The fraction of sp³-hybridized carbons (Fsp3) is 0.250. The summed E-state index contributed by atoms with van der Waals surface area (Å²) in [6.07, 6.45) is 0. The number of rotatable bonds is 0. The van der Waals surface area contributed by atoms with Gasteiger partial charge in [-0.1, -0.05) is 13.7 Å². The minimum atomic E-state index is 0. The van der Waals surface area contributed by atoms with Crippen LogP contribution >= 0.6 is 0 Å². The van der Waals surface area contributed by atoms with Gasteiger partial charge in [-0.15, -0.1) is 0 Å². The van der Waals surface area contributed by atoms with Crippen molar-refractivity contribution in [1.29, 1.82) is 0 Å². The maximum absolute atomic E-state index is 4.50. The van der Waals surface area contributed by atoms with Gasteiger partial charge in [0.2, 0.25) is 0 Å². The molecule has 0 fully saturated rings. The number of hydrogen-bond acceptors (Lipinski definition) is 0. The van der Waals surface area contributed by atoms with Crippen LogP contribution in [0, 0.1) is 13.0 Å². The third-order valence-corrected chi connectivity index (χ3v) is 0.885. The average molecular weight is 301 g/mol. The second-order valence-corrected chi connectivity index (χ2v) is 1.58. The number of hydrogen-bond donors (Lipinski definition) is 0. The molecule has 1 aromatic rings. The maximum Gasteiger partial charge on any atom is 0.0606 e. The third-order valence-electron chi connectivity index (χ3n) is 0.885. The van der Waals surface area contributed by atoms with Gasteiger partial charge in [-0.2, -0.15) is 35.9 Å². The van der Waals surface area contributed by atoms with Gasteiger partial charge in [-0.05, 0) is 0 Å². The summed E-state index contributed by atoms with van der Waals surface area (Å²) in [4.78, 5) is 0. The molecule has 0 saturated heterocycles. The van der Waals surface area contributed by atoms with Crippen molar-refractivity contribution in [3.05, 3.63) is 35.9 Å². The first-order valence-electron chi connectivity index (χ1n) is 2.90. The Bertz CT molecular complexity index is 139. The van der Waals surface area contributed by atoms with Gasteiger partial charge in [0.25, 0.3) is 0 Å². The molecule has 0 aliphatic rings. The third kappa shape index (κ3) is 6.10. The topological polar surface area (TPSA) is 0 Å². The Morgan fingerprint density at radius 1 is 1.20 bits per heavy atom. The second-order valence-electron chi connectivity index (χ2n) is 1.58. The van der Waals surface area contributed by atoms with Gasteiger partial charge in [0.1, 0.15) is 0 Å². The van der Waals surface area contributed by atoms with E-state index in [1.54, 1.807) is 0 Å². The van der Waals surface area contributed by atoms with E-state index in [0.717, 1.165) is 0 Å². The van der Waals surface area contributed by atoms with E-state index in [2.05, 4.69) is 20.8 Å². The van der Waals surface area contributed by atoms with E-state index >= 15 is 0 Å². The van der Waals surface area contributed by atoms with Crippen molar-refractivity contribution >= 4 is 7.85 Å². The second kappa shape index (κ2) is 8.97. The summed E-state index contributed by atoms with van der Waals surface area (Å²) < 4.78 is 0. The van der Waals surface area contributed by atoms with Crippen molar-refractivity contribution in [3.8, 4) is 0 Å². The van der Waals surface area contributed by atoms with Crippen LogP contribution in [0.2, 0.25) is 6.82 Å². The van der Waals surface area contributed by atoms with Crippen LogP contribution in [0.1, 0.15) is 5.56 Å². The van der Waals surface area contributed by atoms with Crippen LogP contribution in [0.3, 0.4) is 0 Å². The fourth-order valence-corrected chi connectivity index (χ4v) is 0.470. The normalized spacial score (nSPS) is 6.60.